The molecule has 3 amide bonds. The minimum Gasteiger partial charge on any atom is -0.480 e. The van der Waals surface area contributed by atoms with Gasteiger partial charge < -0.3 is 43.4 Å². The Hall–Kier alpha value is -2.58. The number of amides is 3. The quantitative estimate of drug-likeness (QED) is 0.0602. The average Bonchev–Trinajstić information content (AvgIpc) is 2.75. The van der Waals surface area contributed by atoms with Crippen LogP contribution in [0, 0.1) is 5.92 Å². The highest BCUT2D eigenvalue weighted by atomic mass is 32.2. The zero-order valence-corrected chi connectivity index (χ0v) is 21.6. The van der Waals surface area contributed by atoms with Crippen molar-refractivity contribution in [3.63, 3.8) is 0 Å². The molecule has 0 fully saturated rings. The number of aliphatic hydroxyl groups excluding tert-OH is 1. The lowest BCUT2D eigenvalue weighted by atomic mass is 10.0. The van der Waals surface area contributed by atoms with E-state index in [1.54, 1.807) is 0 Å². The van der Waals surface area contributed by atoms with E-state index < -0.39 is 54.0 Å². The van der Waals surface area contributed by atoms with Crippen LogP contribution in [-0.4, -0.2) is 88.7 Å². The summed E-state index contributed by atoms with van der Waals surface area (Å²) in [6, 6.07) is -4.47. The Labute approximate surface area is 210 Å². The molecule has 0 aliphatic heterocycles. The molecule has 0 heterocycles. The fourth-order valence-electron chi connectivity index (χ4n) is 3.04. The number of nitrogens with one attached hydrogen (secondary N) is 3. The molecule has 13 nitrogen and oxygen atoms in total. The lowest BCUT2D eigenvalue weighted by Crippen LogP contribution is -2.58. The Bertz CT molecular complexity index is 731. The summed E-state index contributed by atoms with van der Waals surface area (Å²) in [6.07, 6.45) is 1.69. The SMILES string of the molecule is CSCCC(N)C(=O)NC(CCCN=C(N)N)C(=O)NC(CC(C)C)C(=O)NC(C(=O)O)C(C)O. The number of carbonyl (C=O) groups excluding carboxylic acids is 3. The third-order valence-electron chi connectivity index (χ3n) is 4.93. The molecule has 5 atom stereocenters. The number of nitrogens with two attached hydrogens (primary N) is 3. The van der Waals surface area contributed by atoms with E-state index in [4.69, 9.17) is 17.2 Å². The van der Waals surface area contributed by atoms with Crippen molar-refractivity contribution in [1.29, 1.82) is 0 Å². The van der Waals surface area contributed by atoms with Crippen LogP contribution in [0.5, 0.6) is 0 Å². The van der Waals surface area contributed by atoms with Crippen molar-refractivity contribution in [1.82, 2.24) is 16.0 Å². The second-order valence-corrected chi connectivity index (χ2v) is 9.64. The van der Waals surface area contributed by atoms with Crippen molar-refractivity contribution in [3.05, 3.63) is 0 Å². The van der Waals surface area contributed by atoms with Crippen molar-refractivity contribution < 1.29 is 29.4 Å². The average molecular weight is 520 g/mol. The largest absolute Gasteiger partial charge is 0.480 e. The number of rotatable bonds is 17. The van der Waals surface area contributed by atoms with Gasteiger partial charge in [0.25, 0.3) is 0 Å². The van der Waals surface area contributed by atoms with Gasteiger partial charge in [-0.1, -0.05) is 13.8 Å². The van der Waals surface area contributed by atoms with Gasteiger partial charge in [-0.2, -0.15) is 11.8 Å². The van der Waals surface area contributed by atoms with Crippen LogP contribution in [-0.2, 0) is 19.2 Å². The Morgan fingerprint density at radius 3 is 2.00 bits per heavy atom. The molecule has 0 saturated carbocycles. The Kier molecular flexibility index (Phi) is 15.7. The van der Waals surface area contributed by atoms with E-state index in [9.17, 15) is 29.4 Å². The number of nitrogens with zero attached hydrogens (tertiary/aromatic N) is 1. The summed E-state index contributed by atoms with van der Waals surface area (Å²) in [5, 5.41) is 26.4. The molecule has 0 aromatic rings. The Morgan fingerprint density at radius 2 is 1.51 bits per heavy atom. The van der Waals surface area contributed by atoms with E-state index in [0.29, 0.717) is 18.6 Å². The second-order valence-electron chi connectivity index (χ2n) is 8.65. The Balaban J connectivity index is 5.56. The van der Waals surface area contributed by atoms with Crippen LogP contribution < -0.4 is 33.2 Å². The van der Waals surface area contributed by atoms with Gasteiger partial charge in [-0.15, -0.1) is 0 Å². The molecule has 11 N–H and O–H groups in total. The van der Waals surface area contributed by atoms with Crippen LogP contribution in [0.3, 0.4) is 0 Å². The van der Waals surface area contributed by atoms with Crippen LogP contribution >= 0.6 is 11.8 Å². The van der Waals surface area contributed by atoms with E-state index in [2.05, 4.69) is 20.9 Å². The molecule has 5 unspecified atom stereocenters. The van der Waals surface area contributed by atoms with E-state index >= 15 is 0 Å². The predicted molar refractivity (Wildman–Crippen MR) is 135 cm³/mol. The molecule has 0 bridgehead atoms. The Morgan fingerprint density at radius 1 is 0.943 bits per heavy atom. The summed E-state index contributed by atoms with van der Waals surface area (Å²) in [5.74, 6) is -2.78. The number of carboxylic acid groups (broad SMARTS) is 1. The first-order valence-corrected chi connectivity index (χ1v) is 12.8. The van der Waals surface area contributed by atoms with Crippen LogP contribution in [0.2, 0.25) is 0 Å². The van der Waals surface area contributed by atoms with E-state index in [1.165, 1.54) is 18.7 Å². The number of carbonyl (C=O) groups is 4. The van der Waals surface area contributed by atoms with Gasteiger partial charge in [0.2, 0.25) is 17.7 Å². The number of aliphatic imine (C=N–C) groups is 1. The lowest BCUT2D eigenvalue weighted by molar-refractivity contribution is -0.145. The second kappa shape index (κ2) is 16.9. The third kappa shape index (κ3) is 13.8. The van der Waals surface area contributed by atoms with Crippen LogP contribution in [0.15, 0.2) is 4.99 Å². The molecule has 14 heteroatoms. The summed E-state index contributed by atoms with van der Waals surface area (Å²) in [6.45, 7) is 5.12. The van der Waals surface area contributed by atoms with Crippen LogP contribution in [0.4, 0.5) is 0 Å². The van der Waals surface area contributed by atoms with Gasteiger partial charge >= 0.3 is 5.97 Å². The van der Waals surface area contributed by atoms with Crippen LogP contribution in [0.25, 0.3) is 0 Å². The fraction of sp³-hybridized carbons (Fsp3) is 0.762. The first-order chi connectivity index (χ1) is 16.3. The normalized spacial score (nSPS) is 15.3. The van der Waals surface area contributed by atoms with Gasteiger partial charge in [0.1, 0.15) is 12.1 Å². The predicted octanol–water partition coefficient (Wildman–Crippen LogP) is -1.91. The van der Waals surface area contributed by atoms with E-state index in [-0.39, 0.29) is 31.3 Å². The lowest BCUT2D eigenvalue weighted by Gasteiger charge is -2.26. The molecule has 35 heavy (non-hydrogen) atoms. The number of carboxylic acids is 1. The highest BCUT2D eigenvalue weighted by molar-refractivity contribution is 7.98. The summed E-state index contributed by atoms with van der Waals surface area (Å²) in [5.41, 5.74) is 16.6. The maximum absolute atomic E-state index is 13.1. The first-order valence-electron chi connectivity index (χ1n) is 11.4. The van der Waals surface area contributed by atoms with Crippen molar-refractivity contribution in [2.75, 3.05) is 18.6 Å². The van der Waals surface area contributed by atoms with Gasteiger partial charge in [0.15, 0.2) is 12.0 Å². The van der Waals surface area contributed by atoms with Gasteiger partial charge in [0.05, 0.1) is 12.1 Å². The molecule has 202 valence electrons. The number of thioether (sulfide) groups is 1. The van der Waals surface area contributed by atoms with Gasteiger partial charge in [-0.25, -0.2) is 4.79 Å². The first kappa shape index (κ1) is 32.4. The molecule has 0 saturated heterocycles. The molecule has 0 radical (unpaired) electrons. The summed E-state index contributed by atoms with van der Waals surface area (Å²) >= 11 is 1.54. The maximum atomic E-state index is 13.1. The highest BCUT2D eigenvalue weighted by Crippen LogP contribution is 2.09. The topological polar surface area (TPSA) is 235 Å². The minimum absolute atomic E-state index is 0.0317. The summed E-state index contributed by atoms with van der Waals surface area (Å²) in [4.78, 5) is 53.6. The standard InChI is InChI=1S/C21H41N7O6S/c1-11(2)10-15(19(32)28-16(12(3)29)20(33)34)27-18(31)14(6-5-8-25-21(23)24)26-17(30)13(22)7-9-35-4/h11-16,29H,5-10,22H2,1-4H3,(H,26,30)(H,27,31)(H,28,32)(H,33,34)(H4,23,24,25). The molecule has 0 aromatic carbocycles. The number of hydrogen-bond acceptors (Lipinski definition) is 8. The molecule has 0 aromatic heterocycles. The molecule has 0 rings (SSSR count). The van der Waals surface area contributed by atoms with E-state index in [1.807, 2.05) is 20.1 Å². The monoisotopic (exact) mass is 519 g/mol. The number of hydrogen-bond donors (Lipinski definition) is 8. The van der Waals surface area contributed by atoms with Crippen molar-refractivity contribution in [2.24, 2.45) is 28.1 Å². The van der Waals surface area contributed by atoms with Crippen molar-refractivity contribution >= 4 is 41.4 Å². The zero-order valence-electron chi connectivity index (χ0n) is 20.8. The number of aliphatic hydroxyl groups is 1. The van der Waals surface area contributed by atoms with Crippen molar-refractivity contribution in [2.45, 2.75) is 76.7 Å². The highest BCUT2D eigenvalue weighted by Gasteiger charge is 2.32. The minimum atomic E-state index is -1.54. The third-order valence-corrected chi connectivity index (χ3v) is 5.58. The summed E-state index contributed by atoms with van der Waals surface area (Å²) < 4.78 is 0. The zero-order chi connectivity index (χ0) is 27.1. The van der Waals surface area contributed by atoms with Crippen molar-refractivity contribution in [3.8, 4) is 0 Å². The smallest absolute Gasteiger partial charge is 0.328 e. The molecule has 0 spiro atoms. The summed E-state index contributed by atoms with van der Waals surface area (Å²) in [7, 11) is 0. The van der Waals surface area contributed by atoms with E-state index in [0.717, 1.165) is 0 Å². The maximum Gasteiger partial charge on any atom is 0.328 e. The number of guanidine groups is 1. The molecular weight excluding hydrogens is 478 g/mol. The molecule has 0 aliphatic rings. The molecular formula is C21H41N7O6S. The number of aliphatic carboxylic acids is 1. The fourth-order valence-corrected chi connectivity index (χ4v) is 3.53. The van der Waals surface area contributed by atoms with Gasteiger partial charge in [0, 0.05) is 6.54 Å². The van der Waals surface area contributed by atoms with Crippen LogP contribution in [0.1, 0.15) is 46.5 Å². The molecule has 0 aliphatic carbocycles. The van der Waals surface area contributed by atoms with Gasteiger partial charge in [-0.3, -0.25) is 19.4 Å². The van der Waals surface area contributed by atoms with Gasteiger partial charge in [-0.05, 0) is 50.5 Å².